The highest BCUT2D eigenvalue weighted by molar-refractivity contribution is 5.83. The lowest BCUT2D eigenvalue weighted by Gasteiger charge is -2.61. The van der Waals surface area contributed by atoms with Crippen molar-refractivity contribution < 1.29 is 19.0 Å². The van der Waals surface area contributed by atoms with Gasteiger partial charge in [0.05, 0.1) is 0 Å². The van der Waals surface area contributed by atoms with Gasteiger partial charge in [-0.3, -0.25) is 4.79 Å². The molecule has 4 unspecified atom stereocenters. The van der Waals surface area contributed by atoms with Gasteiger partial charge in [0.1, 0.15) is 5.78 Å². The second-order valence-electron chi connectivity index (χ2n) is 11.3. The molecule has 4 heteroatoms. The second kappa shape index (κ2) is 7.60. The van der Waals surface area contributed by atoms with Crippen molar-refractivity contribution in [2.75, 3.05) is 27.9 Å². The summed E-state index contributed by atoms with van der Waals surface area (Å²) >= 11 is 0. The van der Waals surface area contributed by atoms with Crippen LogP contribution < -0.4 is 0 Å². The van der Waals surface area contributed by atoms with Gasteiger partial charge in [0, 0.05) is 53.1 Å². The molecule has 4 saturated carbocycles. The first kappa shape index (κ1) is 21.8. The molecule has 0 saturated heterocycles. The highest BCUT2D eigenvalue weighted by atomic mass is 16.7. The molecule has 0 aromatic heterocycles. The van der Waals surface area contributed by atoms with E-state index in [0.717, 1.165) is 32.3 Å². The molecule has 4 aliphatic rings. The molecule has 4 fully saturated rings. The van der Waals surface area contributed by atoms with E-state index in [1.54, 1.807) is 14.2 Å². The van der Waals surface area contributed by atoms with E-state index in [1.807, 2.05) is 7.11 Å². The summed E-state index contributed by atoms with van der Waals surface area (Å²) in [6, 6.07) is 0. The number of ether oxygens (including phenoxy) is 3. The van der Waals surface area contributed by atoms with Crippen molar-refractivity contribution in [1.29, 1.82) is 0 Å². The van der Waals surface area contributed by atoms with Crippen LogP contribution in [0, 0.1) is 46.3 Å². The van der Waals surface area contributed by atoms with Crippen LogP contribution in [0.25, 0.3) is 0 Å². The molecule has 0 N–H and O–H groups in total. The maximum absolute atomic E-state index is 13.6. The van der Waals surface area contributed by atoms with Gasteiger partial charge in [-0.25, -0.2) is 0 Å². The minimum Gasteiger partial charge on any atom is -0.384 e. The molecule has 0 aromatic rings. The fourth-order valence-corrected chi connectivity index (χ4v) is 8.68. The standard InChI is InChI=1S/C25H42O4/c1-16(15-27-4)18-7-8-19-22-20(9-10-24(18,19)3)23(2)11-12-25(28-5,29-6)14-17(23)13-21(22)26/h16-20,22H,7-15H2,1-6H3/t16?,17-,18+,19?,20?,22?,23-,24+/m0/s1. The van der Waals surface area contributed by atoms with Crippen molar-refractivity contribution in [1.82, 2.24) is 0 Å². The molecule has 0 aromatic carbocycles. The molecule has 0 amide bonds. The highest BCUT2D eigenvalue weighted by Crippen LogP contribution is 2.68. The monoisotopic (exact) mass is 406 g/mol. The van der Waals surface area contributed by atoms with Crippen LogP contribution in [-0.2, 0) is 19.0 Å². The van der Waals surface area contributed by atoms with Gasteiger partial charge in [-0.15, -0.1) is 0 Å². The molecule has 4 aliphatic carbocycles. The Kier molecular flexibility index (Phi) is 5.71. The van der Waals surface area contributed by atoms with Gasteiger partial charge in [-0.2, -0.15) is 0 Å². The van der Waals surface area contributed by atoms with Gasteiger partial charge in [0.15, 0.2) is 5.79 Å². The molecule has 0 spiro atoms. The number of fused-ring (bicyclic) bond motifs is 5. The second-order valence-corrected chi connectivity index (χ2v) is 11.3. The number of methoxy groups -OCH3 is 3. The van der Waals surface area contributed by atoms with Crippen LogP contribution in [-0.4, -0.2) is 39.5 Å². The third kappa shape index (κ3) is 3.15. The average molecular weight is 407 g/mol. The normalized spacial score (nSPS) is 47.2. The largest absolute Gasteiger partial charge is 0.384 e. The quantitative estimate of drug-likeness (QED) is 0.596. The van der Waals surface area contributed by atoms with Crippen molar-refractivity contribution in [3.05, 3.63) is 0 Å². The SMILES string of the molecule is COCC(C)[C@H]1CCC2C3C(=O)C[C@H]4CC(OC)(OC)CC[C@]4(C)C3CC[C@@]21C. The molecule has 8 atom stereocenters. The Bertz CT molecular complexity index is 628. The number of rotatable bonds is 5. The molecular weight excluding hydrogens is 364 g/mol. The number of hydrogen-bond acceptors (Lipinski definition) is 4. The maximum Gasteiger partial charge on any atom is 0.167 e. The molecule has 29 heavy (non-hydrogen) atoms. The number of ketones is 1. The Morgan fingerprint density at radius 1 is 0.966 bits per heavy atom. The number of carbonyl (C=O) groups excluding carboxylic acids is 1. The smallest absolute Gasteiger partial charge is 0.167 e. The number of hydrogen-bond donors (Lipinski definition) is 0. The maximum atomic E-state index is 13.6. The Hall–Kier alpha value is -0.450. The van der Waals surface area contributed by atoms with Gasteiger partial charge in [0.2, 0.25) is 0 Å². The van der Waals surface area contributed by atoms with Gasteiger partial charge in [-0.1, -0.05) is 20.8 Å². The number of carbonyl (C=O) groups is 1. The van der Waals surface area contributed by atoms with Crippen LogP contribution in [0.1, 0.15) is 72.1 Å². The van der Waals surface area contributed by atoms with Gasteiger partial charge in [0.25, 0.3) is 0 Å². The molecule has 4 nitrogen and oxygen atoms in total. The molecule has 0 bridgehead atoms. The van der Waals surface area contributed by atoms with Crippen LogP contribution in [0.15, 0.2) is 0 Å². The molecular formula is C25H42O4. The Balaban J connectivity index is 1.60. The van der Waals surface area contributed by atoms with Crippen molar-refractivity contribution in [3.63, 3.8) is 0 Å². The summed E-state index contributed by atoms with van der Waals surface area (Å²) in [7, 11) is 5.33. The summed E-state index contributed by atoms with van der Waals surface area (Å²) in [5, 5.41) is 0. The predicted molar refractivity (Wildman–Crippen MR) is 113 cm³/mol. The van der Waals surface area contributed by atoms with E-state index in [4.69, 9.17) is 14.2 Å². The molecule has 0 aliphatic heterocycles. The summed E-state index contributed by atoms with van der Waals surface area (Å²) in [6.07, 6.45) is 8.60. The summed E-state index contributed by atoms with van der Waals surface area (Å²) in [6.45, 7) is 8.18. The predicted octanol–water partition coefficient (Wildman–Crippen LogP) is 5.10. The molecule has 0 radical (unpaired) electrons. The summed E-state index contributed by atoms with van der Waals surface area (Å²) in [5.74, 6) is 3.07. The lowest BCUT2D eigenvalue weighted by Crippen LogP contribution is -2.59. The van der Waals surface area contributed by atoms with E-state index in [9.17, 15) is 4.79 Å². The lowest BCUT2D eigenvalue weighted by atomic mass is 9.44. The Morgan fingerprint density at radius 3 is 2.31 bits per heavy atom. The molecule has 4 rings (SSSR count). The van der Waals surface area contributed by atoms with Crippen molar-refractivity contribution >= 4 is 5.78 Å². The Morgan fingerprint density at radius 2 is 1.66 bits per heavy atom. The van der Waals surface area contributed by atoms with Gasteiger partial charge < -0.3 is 14.2 Å². The van der Waals surface area contributed by atoms with Crippen LogP contribution in [0.2, 0.25) is 0 Å². The summed E-state index contributed by atoms with van der Waals surface area (Å²) < 4.78 is 17.1. The Labute approximate surface area is 177 Å². The van der Waals surface area contributed by atoms with E-state index in [0.29, 0.717) is 40.8 Å². The van der Waals surface area contributed by atoms with Crippen molar-refractivity contribution in [2.45, 2.75) is 77.9 Å². The molecule has 166 valence electrons. The fourth-order valence-electron chi connectivity index (χ4n) is 8.68. The number of Topliss-reactive ketones (excluding diaryl/α,β-unsaturated/α-hetero) is 1. The summed E-state index contributed by atoms with van der Waals surface area (Å²) in [4.78, 5) is 13.6. The highest BCUT2D eigenvalue weighted by Gasteiger charge is 2.64. The van der Waals surface area contributed by atoms with Gasteiger partial charge >= 0.3 is 0 Å². The van der Waals surface area contributed by atoms with Gasteiger partial charge in [-0.05, 0) is 72.5 Å². The van der Waals surface area contributed by atoms with Crippen molar-refractivity contribution in [3.8, 4) is 0 Å². The van der Waals surface area contributed by atoms with E-state index in [1.165, 1.54) is 25.7 Å². The zero-order chi connectivity index (χ0) is 21.0. The minimum absolute atomic E-state index is 0.247. The van der Waals surface area contributed by atoms with E-state index < -0.39 is 5.79 Å². The van der Waals surface area contributed by atoms with Crippen LogP contribution in [0.4, 0.5) is 0 Å². The molecule has 0 heterocycles. The first-order chi connectivity index (χ1) is 13.7. The van der Waals surface area contributed by atoms with Crippen molar-refractivity contribution in [2.24, 2.45) is 46.3 Å². The first-order valence-corrected chi connectivity index (χ1v) is 11.9. The minimum atomic E-state index is -0.492. The van der Waals surface area contributed by atoms with E-state index >= 15 is 0 Å². The third-order valence-corrected chi connectivity index (χ3v) is 10.4. The fraction of sp³-hybridized carbons (Fsp3) is 0.960. The first-order valence-electron chi connectivity index (χ1n) is 11.9. The average Bonchev–Trinajstić information content (AvgIpc) is 3.06. The lowest BCUT2D eigenvalue weighted by molar-refractivity contribution is -0.258. The van der Waals surface area contributed by atoms with Crippen LogP contribution in [0.3, 0.4) is 0 Å². The third-order valence-electron chi connectivity index (χ3n) is 10.4. The van der Waals surface area contributed by atoms with Crippen LogP contribution in [0.5, 0.6) is 0 Å². The topological polar surface area (TPSA) is 44.8 Å². The zero-order valence-electron chi connectivity index (χ0n) is 19.5. The summed E-state index contributed by atoms with van der Waals surface area (Å²) in [5.41, 5.74) is 0.548. The van der Waals surface area contributed by atoms with Crippen LogP contribution >= 0.6 is 0 Å². The zero-order valence-corrected chi connectivity index (χ0v) is 19.5. The van der Waals surface area contributed by atoms with E-state index in [2.05, 4.69) is 20.8 Å². The van der Waals surface area contributed by atoms with E-state index in [-0.39, 0.29) is 11.3 Å².